The molecule has 1 aliphatic heterocycles. The van der Waals surface area contributed by atoms with Gasteiger partial charge in [-0.25, -0.2) is 9.59 Å². The molecule has 1 heterocycles. The third kappa shape index (κ3) is 3.40. The van der Waals surface area contributed by atoms with E-state index in [-0.39, 0.29) is 6.03 Å². The van der Waals surface area contributed by atoms with Crippen LogP contribution >= 0.6 is 0 Å². The third-order valence-corrected chi connectivity index (χ3v) is 2.86. The molecule has 2 N–H and O–H groups in total. The Kier molecular flexibility index (Phi) is 5.08. The molecule has 1 atom stereocenters. The summed E-state index contributed by atoms with van der Waals surface area (Å²) in [5.41, 5.74) is 0. The van der Waals surface area contributed by atoms with E-state index in [2.05, 4.69) is 5.32 Å². The van der Waals surface area contributed by atoms with Gasteiger partial charge >= 0.3 is 12.0 Å². The van der Waals surface area contributed by atoms with Crippen molar-refractivity contribution in [3.05, 3.63) is 0 Å². The second kappa shape index (κ2) is 6.35. The minimum atomic E-state index is -0.898. The van der Waals surface area contributed by atoms with Crippen molar-refractivity contribution in [2.45, 2.75) is 45.1 Å². The number of rotatable bonds is 4. The fourth-order valence-corrected chi connectivity index (χ4v) is 1.91. The Morgan fingerprint density at radius 1 is 1.44 bits per heavy atom. The lowest BCUT2D eigenvalue weighted by molar-refractivity contribution is -0.143. The quantitative estimate of drug-likeness (QED) is 0.715. The fraction of sp³-hybridized carbons (Fsp3) is 0.818. The van der Waals surface area contributed by atoms with Gasteiger partial charge in [-0.05, 0) is 25.7 Å². The number of hydrogen-bond donors (Lipinski definition) is 2. The van der Waals surface area contributed by atoms with Crippen molar-refractivity contribution in [3.8, 4) is 0 Å². The maximum absolute atomic E-state index is 11.7. The number of carboxylic acid groups (broad SMARTS) is 1. The van der Waals surface area contributed by atoms with Gasteiger partial charge in [0.25, 0.3) is 0 Å². The Bertz CT molecular complexity index is 256. The van der Waals surface area contributed by atoms with E-state index in [9.17, 15) is 9.59 Å². The zero-order chi connectivity index (χ0) is 12.0. The minimum Gasteiger partial charge on any atom is -0.480 e. The van der Waals surface area contributed by atoms with Gasteiger partial charge in [-0.2, -0.15) is 0 Å². The highest BCUT2D eigenvalue weighted by Gasteiger charge is 2.31. The van der Waals surface area contributed by atoms with E-state index in [1.165, 1.54) is 4.90 Å². The summed E-state index contributed by atoms with van der Waals surface area (Å²) in [6.07, 6.45) is 4.29. The van der Waals surface area contributed by atoms with E-state index in [4.69, 9.17) is 5.11 Å². The second-order valence-electron chi connectivity index (χ2n) is 4.13. The van der Waals surface area contributed by atoms with Crippen LogP contribution in [0.2, 0.25) is 0 Å². The monoisotopic (exact) mass is 228 g/mol. The molecule has 5 nitrogen and oxygen atoms in total. The summed E-state index contributed by atoms with van der Waals surface area (Å²) in [5.74, 6) is -0.898. The third-order valence-electron chi connectivity index (χ3n) is 2.86. The molecule has 0 radical (unpaired) electrons. The zero-order valence-electron chi connectivity index (χ0n) is 9.74. The van der Waals surface area contributed by atoms with Crippen molar-refractivity contribution in [2.24, 2.45) is 0 Å². The molecule has 1 aliphatic rings. The summed E-state index contributed by atoms with van der Waals surface area (Å²) in [7, 11) is 0. The number of carbonyl (C=O) groups excluding carboxylic acids is 1. The van der Waals surface area contributed by atoms with Crippen LogP contribution in [0, 0.1) is 0 Å². The van der Waals surface area contributed by atoms with Crippen LogP contribution in [0.15, 0.2) is 0 Å². The molecule has 0 aromatic heterocycles. The molecule has 0 spiro atoms. The van der Waals surface area contributed by atoms with E-state index in [1.807, 2.05) is 6.92 Å². The molecule has 1 fully saturated rings. The number of carbonyl (C=O) groups is 2. The molecule has 0 bridgehead atoms. The van der Waals surface area contributed by atoms with Gasteiger partial charge in [0.05, 0.1) is 0 Å². The molecule has 1 rings (SSSR count). The Labute approximate surface area is 95.8 Å². The van der Waals surface area contributed by atoms with Crippen LogP contribution < -0.4 is 5.32 Å². The van der Waals surface area contributed by atoms with Crippen molar-refractivity contribution >= 4 is 12.0 Å². The maximum atomic E-state index is 11.7. The largest absolute Gasteiger partial charge is 0.480 e. The van der Waals surface area contributed by atoms with Crippen molar-refractivity contribution in [2.75, 3.05) is 13.1 Å². The van der Waals surface area contributed by atoms with Gasteiger partial charge in [0.2, 0.25) is 0 Å². The highest BCUT2D eigenvalue weighted by atomic mass is 16.4. The number of hydrogen-bond acceptors (Lipinski definition) is 2. The van der Waals surface area contributed by atoms with Gasteiger partial charge in [0.1, 0.15) is 6.04 Å². The summed E-state index contributed by atoms with van der Waals surface area (Å²) in [6.45, 7) is 3.22. The first-order valence-electron chi connectivity index (χ1n) is 5.94. The molecule has 0 aromatic rings. The van der Waals surface area contributed by atoms with Gasteiger partial charge in [0, 0.05) is 13.1 Å². The number of carboxylic acids is 1. The first kappa shape index (κ1) is 12.8. The Balaban J connectivity index is 2.47. The van der Waals surface area contributed by atoms with Crippen LogP contribution in [0.4, 0.5) is 4.79 Å². The number of unbranched alkanes of at least 4 members (excludes halogenated alkanes) is 1. The molecule has 92 valence electrons. The Morgan fingerprint density at radius 2 is 2.19 bits per heavy atom. The molecule has 0 saturated carbocycles. The topological polar surface area (TPSA) is 69.6 Å². The standard InChI is InChI=1S/C11H20N2O3/c1-2-3-7-12-11(16)13-8-5-4-6-9(13)10(14)15/h9H,2-8H2,1H3,(H,12,16)(H,14,15)/t9-/m1/s1. The number of aliphatic carboxylic acids is 1. The van der Waals surface area contributed by atoms with Gasteiger partial charge in [-0.15, -0.1) is 0 Å². The molecule has 0 aromatic carbocycles. The van der Waals surface area contributed by atoms with Crippen LogP contribution in [-0.2, 0) is 4.79 Å². The summed E-state index contributed by atoms with van der Waals surface area (Å²) in [6, 6.07) is -0.879. The number of nitrogens with zero attached hydrogens (tertiary/aromatic N) is 1. The number of urea groups is 1. The van der Waals surface area contributed by atoms with E-state index in [0.29, 0.717) is 19.5 Å². The molecule has 2 amide bonds. The molecular weight excluding hydrogens is 208 g/mol. The van der Waals surface area contributed by atoms with Crippen LogP contribution in [0.1, 0.15) is 39.0 Å². The van der Waals surface area contributed by atoms with Gasteiger partial charge in [0.15, 0.2) is 0 Å². The number of nitrogens with one attached hydrogen (secondary N) is 1. The van der Waals surface area contributed by atoms with Crippen molar-refractivity contribution in [1.29, 1.82) is 0 Å². The molecule has 1 saturated heterocycles. The van der Waals surface area contributed by atoms with Gasteiger partial charge in [-0.1, -0.05) is 13.3 Å². The van der Waals surface area contributed by atoms with Crippen LogP contribution in [0.3, 0.4) is 0 Å². The normalized spacial score (nSPS) is 20.6. The first-order chi connectivity index (χ1) is 7.66. The van der Waals surface area contributed by atoms with Gasteiger partial charge < -0.3 is 15.3 Å². The summed E-state index contributed by atoms with van der Waals surface area (Å²) in [4.78, 5) is 24.2. The molecule has 5 heteroatoms. The van der Waals surface area contributed by atoms with Crippen LogP contribution in [-0.4, -0.2) is 41.1 Å². The summed E-state index contributed by atoms with van der Waals surface area (Å²) in [5, 5.41) is 11.8. The lowest BCUT2D eigenvalue weighted by Gasteiger charge is -2.32. The van der Waals surface area contributed by atoms with Crippen molar-refractivity contribution in [1.82, 2.24) is 10.2 Å². The van der Waals surface area contributed by atoms with E-state index in [1.54, 1.807) is 0 Å². The van der Waals surface area contributed by atoms with Gasteiger partial charge in [-0.3, -0.25) is 0 Å². The average Bonchev–Trinajstić information content (AvgIpc) is 2.29. The van der Waals surface area contributed by atoms with Crippen molar-refractivity contribution < 1.29 is 14.7 Å². The number of amides is 2. The summed E-state index contributed by atoms with van der Waals surface area (Å²) >= 11 is 0. The molecule has 0 unspecified atom stereocenters. The first-order valence-corrected chi connectivity index (χ1v) is 5.94. The maximum Gasteiger partial charge on any atom is 0.326 e. The molecule has 0 aliphatic carbocycles. The highest BCUT2D eigenvalue weighted by Crippen LogP contribution is 2.17. The van der Waals surface area contributed by atoms with E-state index >= 15 is 0 Å². The SMILES string of the molecule is CCCCNC(=O)N1CCCC[C@@H]1C(=O)O. The lowest BCUT2D eigenvalue weighted by Crippen LogP contribution is -2.52. The Morgan fingerprint density at radius 3 is 2.81 bits per heavy atom. The summed E-state index contributed by atoms with van der Waals surface area (Å²) < 4.78 is 0. The van der Waals surface area contributed by atoms with Crippen LogP contribution in [0.25, 0.3) is 0 Å². The zero-order valence-corrected chi connectivity index (χ0v) is 9.74. The van der Waals surface area contributed by atoms with E-state index < -0.39 is 12.0 Å². The Hall–Kier alpha value is -1.26. The second-order valence-corrected chi connectivity index (χ2v) is 4.13. The molecular formula is C11H20N2O3. The predicted octanol–water partition coefficient (Wildman–Crippen LogP) is 1.44. The van der Waals surface area contributed by atoms with Crippen LogP contribution in [0.5, 0.6) is 0 Å². The smallest absolute Gasteiger partial charge is 0.326 e. The average molecular weight is 228 g/mol. The van der Waals surface area contributed by atoms with E-state index in [0.717, 1.165) is 25.7 Å². The number of likely N-dealkylation sites (tertiary alicyclic amines) is 1. The minimum absolute atomic E-state index is 0.236. The van der Waals surface area contributed by atoms with Crippen molar-refractivity contribution in [3.63, 3.8) is 0 Å². The lowest BCUT2D eigenvalue weighted by atomic mass is 10.0. The number of piperidine rings is 1. The fourth-order valence-electron chi connectivity index (χ4n) is 1.91. The molecule has 16 heavy (non-hydrogen) atoms. The predicted molar refractivity (Wildman–Crippen MR) is 60.3 cm³/mol. The highest BCUT2D eigenvalue weighted by molar-refractivity contribution is 5.82.